The molecule has 3 rings (SSSR count). The van der Waals surface area contributed by atoms with Crippen molar-refractivity contribution < 1.29 is 4.74 Å². The Morgan fingerprint density at radius 1 is 1.19 bits per heavy atom. The minimum Gasteiger partial charge on any atom is -0.496 e. The Bertz CT molecular complexity index is 659. The second-order valence-electron chi connectivity index (χ2n) is 5.31. The van der Waals surface area contributed by atoms with Gasteiger partial charge in [0.15, 0.2) is 0 Å². The maximum Gasteiger partial charge on any atom is 0.129 e. The van der Waals surface area contributed by atoms with Crippen LogP contribution in [0.25, 0.3) is 0 Å². The molecule has 1 aliphatic rings. The van der Waals surface area contributed by atoms with Crippen LogP contribution in [0.15, 0.2) is 42.5 Å². The van der Waals surface area contributed by atoms with Gasteiger partial charge in [0.1, 0.15) is 10.7 Å². The molecule has 0 saturated carbocycles. The van der Waals surface area contributed by atoms with Crippen LogP contribution in [-0.4, -0.2) is 17.0 Å². The summed E-state index contributed by atoms with van der Waals surface area (Å²) >= 11 is 5.04. The molecule has 0 atom stereocenters. The van der Waals surface area contributed by atoms with Gasteiger partial charge in [-0.1, -0.05) is 42.5 Å². The molecule has 1 aliphatic heterocycles. The largest absolute Gasteiger partial charge is 0.496 e. The zero-order chi connectivity index (χ0) is 14.8. The second-order valence-corrected chi connectivity index (χ2v) is 5.75. The van der Waals surface area contributed by atoms with E-state index in [1.807, 2.05) is 12.1 Å². The Morgan fingerprint density at radius 2 is 1.86 bits per heavy atom. The monoisotopic (exact) mass is 298 g/mol. The number of thiocarbonyl (C=S) groups is 1. The highest BCUT2D eigenvalue weighted by atomic mass is 32.1. The quantitative estimate of drug-likeness (QED) is 0.881. The van der Waals surface area contributed by atoms with E-state index in [4.69, 9.17) is 22.7 Å². The van der Waals surface area contributed by atoms with E-state index in [1.54, 1.807) is 7.11 Å². The molecule has 21 heavy (non-hydrogen) atoms. The van der Waals surface area contributed by atoms with Crippen LogP contribution in [0.5, 0.6) is 5.75 Å². The second kappa shape index (κ2) is 5.84. The summed E-state index contributed by atoms with van der Waals surface area (Å²) in [7, 11) is 1.65. The summed E-state index contributed by atoms with van der Waals surface area (Å²) in [5, 5.41) is 0. The Morgan fingerprint density at radius 3 is 2.43 bits per heavy atom. The molecule has 0 amide bonds. The lowest BCUT2D eigenvalue weighted by molar-refractivity contribution is 0.275. The summed E-state index contributed by atoms with van der Waals surface area (Å²) in [5.41, 5.74) is 10.5. The highest BCUT2D eigenvalue weighted by Crippen LogP contribution is 2.26. The highest BCUT2D eigenvalue weighted by Gasteiger charge is 2.18. The summed E-state index contributed by atoms with van der Waals surface area (Å²) in [5.74, 6) is 0.747. The number of hydrogen-bond donors (Lipinski definition) is 1. The Balaban J connectivity index is 1.76. The molecule has 3 nitrogen and oxygen atoms in total. The van der Waals surface area contributed by atoms with Gasteiger partial charge in [0, 0.05) is 19.6 Å². The first kappa shape index (κ1) is 14.0. The van der Waals surface area contributed by atoms with Gasteiger partial charge < -0.3 is 10.5 Å². The summed E-state index contributed by atoms with van der Waals surface area (Å²) < 4.78 is 5.39. The summed E-state index contributed by atoms with van der Waals surface area (Å²) in [6.45, 7) is 2.88. The zero-order valence-corrected chi connectivity index (χ0v) is 12.8. The first-order valence-corrected chi connectivity index (χ1v) is 7.34. The van der Waals surface area contributed by atoms with Crippen LogP contribution in [-0.2, 0) is 19.6 Å². The zero-order valence-electron chi connectivity index (χ0n) is 12.0. The minimum atomic E-state index is 0.368. The van der Waals surface area contributed by atoms with E-state index < -0.39 is 0 Å². The number of rotatable bonds is 4. The van der Waals surface area contributed by atoms with Crippen molar-refractivity contribution in [3.63, 3.8) is 0 Å². The molecule has 0 saturated heterocycles. The molecule has 2 aromatic rings. The molecule has 108 valence electrons. The Hall–Kier alpha value is -1.91. The van der Waals surface area contributed by atoms with Crippen molar-refractivity contribution in [1.82, 2.24) is 4.90 Å². The van der Waals surface area contributed by atoms with Crippen molar-refractivity contribution in [3.05, 3.63) is 64.7 Å². The fourth-order valence-electron chi connectivity index (χ4n) is 2.81. The van der Waals surface area contributed by atoms with E-state index >= 15 is 0 Å². The number of fused-ring (bicyclic) bond motifs is 1. The van der Waals surface area contributed by atoms with E-state index in [0.29, 0.717) is 4.99 Å². The van der Waals surface area contributed by atoms with Gasteiger partial charge in [-0.3, -0.25) is 4.90 Å². The van der Waals surface area contributed by atoms with E-state index in [0.717, 1.165) is 30.9 Å². The number of nitrogens with two attached hydrogens (primary N) is 1. The van der Waals surface area contributed by atoms with Crippen molar-refractivity contribution >= 4 is 17.2 Å². The average molecular weight is 298 g/mol. The Labute approximate surface area is 130 Å². The molecule has 4 heteroatoms. The topological polar surface area (TPSA) is 38.5 Å². The van der Waals surface area contributed by atoms with Gasteiger partial charge in [-0.25, -0.2) is 0 Å². The smallest absolute Gasteiger partial charge is 0.129 e. The molecule has 0 fully saturated rings. The number of nitrogens with zero attached hydrogens (tertiary/aromatic N) is 1. The third-order valence-electron chi connectivity index (χ3n) is 3.84. The highest BCUT2D eigenvalue weighted by molar-refractivity contribution is 7.80. The van der Waals surface area contributed by atoms with Crippen LogP contribution >= 0.6 is 12.2 Å². The van der Waals surface area contributed by atoms with Crippen LogP contribution in [0.4, 0.5) is 0 Å². The van der Waals surface area contributed by atoms with E-state index in [1.165, 1.54) is 16.7 Å². The average Bonchev–Trinajstić information content (AvgIpc) is 2.88. The van der Waals surface area contributed by atoms with Gasteiger partial charge in [-0.2, -0.15) is 0 Å². The molecule has 0 aromatic heterocycles. The molecule has 0 bridgehead atoms. The minimum absolute atomic E-state index is 0.368. The van der Waals surface area contributed by atoms with Gasteiger partial charge in [-0.05, 0) is 28.8 Å². The summed E-state index contributed by atoms with van der Waals surface area (Å²) in [4.78, 5) is 2.78. The fraction of sp³-hybridized carbons (Fsp3) is 0.235. The Kier molecular flexibility index (Phi) is 3.90. The lowest BCUT2D eigenvalue weighted by Gasteiger charge is -2.16. The van der Waals surface area contributed by atoms with Crippen molar-refractivity contribution in [2.75, 3.05) is 7.11 Å². The van der Waals surface area contributed by atoms with E-state index in [2.05, 4.69) is 35.2 Å². The molecular weight excluding hydrogens is 280 g/mol. The maximum absolute atomic E-state index is 5.70. The van der Waals surface area contributed by atoms with Crippen LogP contribution < -0.4 is 10.5 Å². The molecule has 0 aliphatic carbocycles. The lowest BCUT2D eigenvalue weighted by atomic mass is 10.1. The van der Waals surface area contributed by atoms with Crippen LogP contribution in [0.1, 0.15) is 22.3 Å². The molecule has 0 spiro atoms. The normalized spacial score (nSPS) is 14.0. The van der Waals surface area contributed by atoms with Crippen LogP contribution in [0.3, 0.4) is 0 Å². The number of methoxy groups -OCH3 is 1. The van der Waals surface area contributed by atoms with Crippen molar-refractivity contribution in [2.24, 2.45) is 5.73 Å². The number of hydrogen-bond acceptors (Lipinski definition) is 3. The summed E-state index contributed by atoms with van der Waals surface area (Å²) in [6.07, 6.45) is 0. The third-order valence-corrected chi connectivity index (χ3v) is 4.06. The molecule has 2 aromatic carbocycles. The molecule has 1 heterocycles. The van der Waals surface area contributed by atoms with Gasteiger partial charge in [0.25, 0.3) is 0 Å². The van der Waals surface area contributed by atoms with Gasteiger partial charge in [0.05, 0.1) is 12.7 Å². The predicted molar refractivity (Wildman–Crippen MR) is 88.3 cm³/mol. The van der Waals surface area contributed by atoms with Gasteiger partial charge in [0.2, 0.25) is 0 Å². The van der Waals surface area contributed by atoms with Crippen LogP contribution in [0, 0.1) is 0 Å². The van der Waals surface area contributed by atoms with E-state index in [-0.39, 0.29) is 0 Å². The number of ether oxygens (including phenoxy) is 1. The third kappa shape index (κ3) is 2.91. The first-order valence-electron chi connectivity index (χ1n) is 6.93. The molecule has 0 radical (unpaired) electrons. The fourth-order valence-corrected chi connectivity index (χ4v) is 2.98. The standard InChI is InChI=1S/C17H18N2OS/c1-20-16-8-12(6-7-15(16)17(18)21)9-19-10-13-4-2-3-5-14(13)11-19/h2-8H,9-11H2,1H3,(H2,18,21). The molecule has 0 unspecified atom stereocenters. The molecule has 2 N–H and O–H groups in total. The first-order chi connectivity index (χ1) is 10.2. The van der Waals surface area contributed by atoms with Gasteiger partial charge in [-0.15, -0.1) is 0 Å². The molecular formula is C17H18N2OS. The lowest BCUT2D eigenvalue weighted by Crippen LogP contribution is -2.16. The van der Waals surface area contributed by atoms with E-state index in [9.17, 15) is 0 Å². The maximum atomic E-state index is 5.70. The predicted octanol–water partition coefficient (Wildman–Crippen LogP) is 2.85. The van der Waals surface area contributed by atoms with Gasteiger partial charge >= 0.3 is 0 Å². The van der Waals surface area contributed by atoms with Crippen LogP contribution in [0.2, 0.25) is 0 Å². The van der Waals surface area contributed by atoms with Crippen molar-refractivity contribution in [3.8, 4) is 5.75 Å². The summed E-state index contributed by atoms with van der Waals surface area (Å²) in [6, 6.07) is 14.6. The van der Waals surface area contributed by atoms with Crippen molar-refractivity contribution in [2.45, 2.75) is 19.6 Å². The van der Waals surface area contributed by atoms with Crippen molar-refractivity contribution in [1.29, 1.82) is 0 Å². The SMILES string of the molecule is COc1cc(CN2Cc3ccccc3C2)ccc1C(N)=S. The number of benzene rings is 2.